The molecule has 2 rings (SSSR count). The van der Waals surface area contributed by atoms with E-state index in [-0.39, 0.29) is 11.1 Å². The van der Waals surface area contributed by atoms with E-state index in [1.807, 2.05) is 0 Å². The Hall–Kier alpha value is -2.75. The molecule has 0 atom stereocenters. The second-order valence-electron chi connectivity index (χ2n) is 4.10. The number of hydrogen-bond acceptors (Lipinski definition) is 4. The highest BCUT2D eigenvalue weighted by molar-refractivity contribution is 6.49. The third-order valence-corrected chi connectivity index (χ3v) is 2.79. The fraction of sp³-hybridized carbons (Fsp3) is 0.0625. The first-order valence-corrected chi connectivity index (χ1v) is 5.96. The summed E-state index contributed by atoms with van der Waals surface area (Å²) in [6, 6.07) is 14.2. The Morgan fingerprint density at radius 2 is 1.30 bits per heavy atom. The number of rotatable bonds is 4. The predicted molar refractivity (Wildman–Crippen MR) is 72.9 cm³/mol. The van der Waals surface area contributed by atoms with Crippen LogP contribution in [0.2, 0.25) is 0 Å². The van der Waals surface area contributed by atoms with Gasteiger partial charge in [-0.1, -0.05) is 42.5 Å². The summed E-state index contributed by atoms with van der Waals surface area (Å²) < 4.78 is 4.58. The van der Waals surface area contributed by atoms with Crippen molar-refractivity contribution >= 4 is 17.5 Å². The van der Waals surface area contributed by atoms with E-state index in [9.17, 15) is 14.4 Å². The summed E-state index contributed by atoms with van der Waals surface area (Å²) in [6.45, 7) is 0. The van der Waals surface area contributed by atoms with E-state index in [2.05, 4.69) is 4.74 Å². The molecule has 2 aromatic rings. The third kappa shape index (κ3) is 2.80. The van der Waals surface area contributed by atoms with Crippen LogP contribution in [0.5, 0.6) is 0 Å². The quantitative estimate of drug-likeness (QED) is 0.485. The SMILES string of the molecule is COC(=O)c1cccc(C(=O)C(=O)c2ccccc2)c1. The summed E-state index contributed by atoms with van der Waals surface area (Å²) in [7, 11) is 1.26. The number of Topliss-reactive ketones (excluding diaryl/α,β-unsaturated/α-hetero) is 2. The zero-order valence-electron chi connectivity index (χ0n) is 10.8. The number of ether oxygens (including phenoxy) is 1. The van der Waals surface area contributed by atoms with Gasteiger partial charge in [-0.25, -0.2) is 4.79 Å². The summed E-state index contributed by atoms with van der Waals surface area (Å²) in [5, 5.41) is 0. The molecular weight excluding hydrogens is 256 g/mol. The standard InChI is InChI=1S/C16H12O4/c1-20-16(19)13-9-5-8-12(10-13)15(18)14(17)11-6-3-2-4-7-11/h2-10H,1H3. The van der Waals surface area contributed by atoms with Crippen molar-refractivity contribution in [1.29, 1.82) is 0 Å². The first-order chi connectivity index (χ1) is 9.63. The Kier molecular flexibility index (Phi) is 4.05. The number of methoxy groups -OCH3 is 1. The second-order valence-corrected chi connectivity index (χ2v) is 4.10. The van der Waals surface area contributed by atoms with Gasteiger partial charge in [0.2, 0.25) is 11.6 Å². The number of hydrogen-bond donors (Lipinski definition) is 0. The van der Waals surface area contributed by atoms with E-state index < -0.39 is 17.5 Å². The van der Waals surface area contributed by atoms with Crippen LogP contribution in [0.15, 0.2) is 54.6 Å². The Labute approximate surface area is 116 Å². The molecule has 0 aliphatic carbocycles. The molecule has 0 aromatic heterocycles. The van der Waals surface area contributed by atoms with Crippen LogP contribution >= 0.6 is 0 Å². The van der Waals surface area contributed by atoms with Crippen LogP contribution in [-0.2, 0) is 4.74 Å². The minimum Gasteiger partial charge on any atom is -0.465 e. The van der Waals surface area contributed by atoms with Crippen molar-refractivity contribution in [2.45, 2.75) is 0 Å². The van der Waals surface area contributed by atoms with Gasteiger partial charge in [0, 0.05) is 11.1 Å². The molecule has 0 aliphatic heterocycles. The smallest absolute Gasteiger partial charge is 0.337 e. The van der Waals surface area contributed by atoms with Crippen LogP contribution in [0.4, 0.5) is 0 Å². The summed E-state index contributed by atoms with van der Waals surface area (Å²) in [4.78, 5) is 35.5. The maximum atomic E-state index is 12.1. The molecule has 0 aliphatic rings. The minimum atomic E-state index is -0.651. The Balaban J connectivity index is 2.30. The summed E-state index contributed by atoms with van der Waals surface area (Å²) in [6.07, 6.45) is 0. The average Bonchev–Trinajstić information content (AvgIpc) is 2.53. The van der Waals surface area contributed by atoms with Crippen molar-refractivity contribution in [3.63, 3.8) is 0 Å². The highest BCUT2D eigenvalue weighted by Gasteiger charge is 2.19. The lowest BCUT2D eigenvalue weighted by Crippen LogP contribution is -2.15. The molecule has 0 unspecified atom stereocenters. The molecule has 100 valence electrons. The fourth-order valence-corrected chi connectivity index (χ4v) is 1.76. The molecule has 0 spiro atoms. The van der Waals surface area contributed by atoms with E-state index in [4.69, 9.17) is 0 Å². The summed E-state index contributed by atoms with van der Waals surface area (Å²) >= 11 is 0. The van der Waals surface area contributed by atoms with E-state index >= 15 is 0 Å². The lowest BCUT2D eigenvalue weighted by molar-refractivity contribution is 0.0600. The maximum absolute atomic E-state index is 12.1. The second kappa shape index (κ2) is 5.93. The van der Waals surface area contributed by atoms with Crippen molar-refractivity contribution in [2.75, 3.05) is 7.11 Å². The maximum Gasteiger partial charge on any atom is 0.337 e. The molecule has 0 heterocycles. The van der Waals surface area contributed by atoms with Crippen molar-refractivity contribution in [3.8, 4) is 0 Å². The van der Waals surface area contributed by atoms with Gasteiger partial charge in [-0.3, -0.25) is 9.59 Å². The Morgan fingerprint density at radius 1 is 0.750 bits per heavy atom. The van der Waals surface area contributed by atoms with Crippen LogP contribution in [0, 0.1) is 0 Å². The first kappa shape index (κ1) is 13.7. The van der Waals surface area contributed by atoms with Crippen LogP contribution in [0.25, 0.3) is 0 Å². The number of ketones is 2. The first-order valence-electron chi connectivity index (χ1n) is 5.96. The van der Waals surface area contributed by atoms with E-state index in [0.717, 1.165) is 0 Å². The van der Waals surface area contributed by atoms with Crippen LogP contribution < -0.4 is 0 Å². The van der Waals surface area contributed by atoms with Gasteiger partial charge in [0.05, 0.1) is 12.7 Å². The molecule has 4 nitrogen and oxygen atoms in total. The number of benzene rings is 2. The van der Waals surface area contributed by atoms with Gasteiger partial charge in [-0.15, -0.1) is 0 Å². The normalized spacial score (nSPS) is 9.85. The van der Waals surface area contributed by atoms with Crippen molar-refractivity contribution in [1.82, 2.24) is 0 Å². The molecule has 0 radical (unpaired) electrons. The molecule has 0 fully saturated rings. The van der Waals surface area contributed by atoms with Gasteiger partial charge in [0.25, 0.3) is 0 Å². The molecule has 0 amide bonds. The van der Waals surface area contributed by atoms with Crippen molar-refractivity contribution < 1.29 is 19.1 Å². The summed E-state index contributed by atoms with van der Waals surface area (Å²) in [5.41, 5.74) is 0.724. The topological polar surface area (TPSA) is 60.4 Å². The third-order valence-electron chi connectivity index (χ3n) is 2.79. The zero-order chi connectivity index (χ0) is 14.5. The Morgan fingerprint density at radius 3 is 1.95 bits per heavy atom. The molecule has 0 saturated heterocycles. The van der Waals surface area contributed by atoms with Crippen molar-refractivity contribution in [3.05, 3.63) is 71.3 Å². The van der Waals surface area contributed by atoms with Gasteiger partial charge >= 0.3 is 5.97 Å². The van der Waals surface area contributed by atoms with Crippen LogP contribution in [-0.4, -0.2) is 24.6 Å². The highest BCUT2D eigenvalue weighted by Crippen LogP contribution is 2.11. The monoisotopic (exact) mass is 268 g/mol. The zero-order valence-corrected chi connectivity index (χ0v) is 10.8. The number of esters is 1. The predicted octanol–water partition coefficient (Wildman–Crippen LogP) is 2.54. The van der Waals surface area contributed by atoms with Gasteiger partial charge in [0.15, 0.2) is 0 Å². The molecule has 0 N–H and O–H groups in total. The molecule has 20 heavy (non-hydrogen) atoms. The van der Waals surface area contributed by atoms with Crippen molar-refractivity contribution in [2.24, 2.45) is 0 Å². The van der Waals surface area contributed by atoms with E-state index in [1.165, 1.54) is 31.4 Å². The lowest BCUT2D eigenvalue weighted by Gasteiger charge is -2.03. The molecule has 2 aromatic carbocycles. The summed E-state index contributed by atoms with van der Waals surface area (Å²) in [5.74, 6) is -1.80. The lowest BCUT2D eigenvalue weighted by atomic mass is 10.00. The largest absolute Gasteiger partial charge is 0.465 e. The van der Waals surface area contributed by atoms with E-state index in [0.29, 0.717) is 5.56 Å². The Bertz CT molecular complexity index is 659. The van der Waals surface area contributed by atoms with Gasteiger partial charge in [-0.2, -0.15) is 0 Å². The van der Waals surface area contributed by atoms with E-state index in [1.54, 1.807) is 30.3 Å². The van der Waals surface area contributed by atoms with Gasteiger partial charge in [-0.05, 0) is 12.1 Å². The van der Waals surface area contributed by atoms with Gasteiger partial charge in [0.1, 0.15) is 0 Å². The highest BCUT2D eigenvalue weighted by atomic mass is 16.5. The number of carbonyl (C=O) groups excluding carboxylic acids is 3. The number of carbonyl (C=O) groups is 3. The average molecular weight is 268 g/mol. The fourth-order valence-electron chi connectivity index (χ4n) is 1.76. The van der Waals surface area contributed by atoms with Gasteiger partial charge < -0.3 is 4.74 Å². The molecule has 0 bridgehead atoms. The minimum absolute atomic E-state index is 0.168. The molecular formula is C16H12O4. The molecule has 0 saturated carbocycles. The molecule has 4 heteroatoms. The van der Waals surface area contributed by atoms with Crippen LogP contribution in [0.3, 0.4) is 0 Å². The van der Waals surface area contributed by atoms with Crippen LogP contribution in [0.1, 0.15) is 31.1 Å².